The molecule has 0 atom stereocenters. The molecule has 34 heavy (non-hydrogen) atoms. The van der Waals surface area contributed by atoms with Crippen molar-refractivity contribution in [3.8, 4) is 5.75 Å². The van der Waals surface area contributed by atoms with Gasteiger partial charge in [0.05, 0.1) is 12.0 Å². The molecule has 1 aromatic heterocycles. The normalized spacial score (nSPS) is 12.2. The van der Waals surface area contributed by atoms with Crippen LogP contribution in [0.4, 0.5) is 5.82 Å². The molecule has 0 amide bonds. The number of nitrogens with one attached hydrogen (secondary N) is 1. The molecule has 2 aromatic carbocycles. The molecule has 0 spiro atoms. The first-order valence-electron chi connectivity index (χ1n) is 10.7. The largest absolute Gasteiger partial charge is 0.497 e. The second-order valence-electron chi connectivity index (χ2n) is 8.63. The Morgan fingerprint density at radius 2 is 1.94 bits per heavy atom. The van der Waals surface area contributed by atoms with Crippen LogP contribution >= 0.6 is 11.8 Å². The van der Waals surface area contributed by atoms with Crippen LogP contribution in [0.15, 0.2) is 72.9 Å². The lowest BCUT2D eigenvalue weighted by Crippen LogP contribution is -2.15. The minimum Gasteiger partial charge on any atom is -0.497 e. The molecular formula is C24H29N3O5S2. The number of methoxy groups -OCH3 is 1. The van der Waals surface area contributed by atoms with Gasteiger partial charge in [0.2, 0.25) is 0 Å². The van der Waals surface area contributed by atoms with Gasteiger partial charge in [0.25, 0.3) is 10.0 Å². The van der Waals surface area contributed by atoms with Crippen molar-refractivity contribution >= 4 is 33.8 Å². The Morgan fingerprint density at radius 1 is 1.21 bits per heavy atom. The van der Waals surface area contributed by atoms with Crippen LogP contribution in [0.3, 0.4) is 0 Å². The van der Waals surface area contributed by atoms with E-state index >= 15 is 0 Å². The van der Waals surface area contributed by atoms with Gasteiger partial charge in [0.1, 0.15) is 10.6 Å². The van der Waals surface area contributed by atoms with Crippen molar-refractivity contribution in [1.82, 2.24) is 5.16 Å². The van der Waals surface area contributed by atoms with Crippen molar-refractivity contribution in [2.45, 2.75) is 60.1 Å². The average molecular weight is 504 g/mol. The molecule has 2 N–H and O–H groups in total. The maximum Gasteiger partial charge on any atom is 0.263 e. The zero-order valence-electron chi connectivity index (χ0n) is 19.6. The highest BCUT2D eigenvalue weighted by Gasteiger charge is 2.24. The van der Waals surface area contributed by atoms with Gasteiger partial charge in [0.15, 0.2) is 11.6 Å². The average Bonchev–Trinajstić information content (AvgIpc) is 3.16. The van der Waals surface area contributed by atoms with E-state index in [2.05, 4.69) is 35.8 Å². The molecule has 10 heteroatoms. The van der Waals surface area contributed by atoms with Crippen LogP contribution in [-0.4, -0.2) is 32.1 Å². The molecule has 0 aliphatic heterocycles. The predicted molar refractivity (Wildman–Crippen MR) is 133 cm³/mol. The van der Waals surface area contributed by atoms with Gasteiger partial charge in [0, 0.05) is 17.5 Å². The second-order valence-corrected chi connectivity index (χ2v) is 11.4. The van der Waals surface area contributed by atoms with Crippen LogP contribution in [0.25, 0.3) is 0 Å². The summed E-state index contributed by atoms with van der Waals surface area (Å²) in [4.78, 5) is 1.56. The van der Waals surface area contributed by atoms with E-state index in [1.165, 1.54) is 18.0 Å². The summed E-state index contributed by atoms with van der Waals surface area (Å²) in [7, 11) is -2.30. The lowest BCUT2D eigenvalue weighted by atomic mass is 9.87. The number of benzene rings is 2. The molecule has 0 saturated heterocycles. The first kappa shape index (κ1) is 25.6. The molecule has 3 rings (SSSR count). The Morgan fingerprint density at radius 3 is 2.59 bits per heavy atom. The molecule has 0 aliphatic carbocycles. The lowest BCUT2D eigenvalue weighted by Gasteiger charge is -2.19. The topological polar surface area (TPSA) is 114 Å². The molecule has 3 aromatic rings. The van der Waals surface area contributed by atoms with E-state index in [4.69, 9.17) is 14.5 Å². The van der Waals surface area contributed by atoms with E-state index in [1.54, 1.807) is 19.2 Å². The third-order valence-corrected chi connectivity index (χ3v) is 7.53. The zero-order chi connectivity index (χ0) is 24.8. The number of rotatable bonds is 10. The Labute approximate surface area is 204 Å². The van der Waals surface area contributed by atoms with Crippen molar-refractivity contribution in [3.05, 3.63) is 59.9 Å². The first-order chi connectivity index (χ1) is 16.1. The van der Waals surface area contributed by atoms with Crippen molar-refractivity contribution < 1.29 is 22.9 Å². The number of aryl methyl sites for hydroxylation is 1. The third kappa shape index (κ3) is 6.54. The number of anilines is 1. The molecule has 0 fully saturated rings. The van der Waals surface area contributed by atoms with Crippen molar-refractivity contribution in [1.29, 1.82) is 0 Å². The van der Waals surface area contributed by atoms with Crippen LogP contribution in [0, 0.1) is 0 Å². The van der Waals surface area contributed by atoms with Gasteiger partial charge in [-0.1, -0.05) is 55.9 Å². The van der Waals surface area contributed by atoms with Gasteiger partial charge in [-0.15, -0.1) is 5.16 Å². The summed E-state index contributed by atoms with van der Waals surface area (Å²) in [6.45, 7) is 6.21. The van der Waals surface area contributed by atoms with Crippen LogP contribution in [0.2, 0.25) is 0 Å². The fourth-order valence-electron chi connectivity index (χ4n) is 3.16. The number of hydrogen-bond acceptors (Lipinski definition) is 8. The van der Waals surface area contributed by atoms with E-state index in [0.717, 1.165) is 10.5 Å². The van der Waals surface area contributed by atoms with E-state index in [9.17, 15) is 8.42 Å². The first-order valence-corrected chi connectivity index (χ1v) is 13.0. The van der Waals surface area contributed by atoms with E-state index < -0.39 is 10.0 Å². The van der Waals surface area contributed by atoms with Gasteiger partial charge in [-0.3, -0.25) is 4.72 Å². The standard InChI is InChI=1S/C24H29N3O5S2/c1-24(2,3)17-11-13-20(14-12-17)34(29,30)27-23-22(21(32-26-23)10-5-6-15-25-28)33-19-9-7-8-18(16-19)31-4/h7-9,11-16,28H,5-6,10H2,1-4H3,(H,26,27)/b25-15-. The van der Waals surface area contributed by atoms with Gasteiger partial charge in [-0.25, -0.2) is 8.42 Å². The summed E-state index contributed by atoms with van der Waals surface area (Å²) in [5, 5.41) is 15.6. The molecule has 182 valence electrons. The maximum atomic E-state index is 13.1. The van der Waals surface area contributed by atoms with Gasteiger partial charge < -0.3 is 14.5 Å². The van der Waals surface area contributed by atoms with Gasteiger partial charge in [-0.05, 0) is 54.2 Å². The Kier molecular flexibility index (Phi) is 8.27. The van der Waals surface area contributed by atoms with E-state index in [0.29, 0.717) is 35.7 Å². The molecule has 8 nitrogen and oxygen atoms in total. The number of ether oxygens (including phenoxy) is 1. The number of sulfonamides is 1. The number of unbranched alkanes of at least 4 members (excludes halogenated alkanes) is 1. The summed E-state index contributed by atoms with van der Waals surface area (Å²) in [6, 6.07) is 14.2. The SMILES string of the molecule is COc1cccc(Sc2c(NS(=O)(=O)c3ccc(C(C)(C)C)cc3)noc2CCC/C=N\O)c1. The second kappa shape index (κ2) is 11.0. The summed E-state index contributed by atoms with van der Waals surface area (Å²) in [5.74, 6) is 1.35. The predicted octanol–water partition coefficient (Wildman–Crippen LogP) is 5.72. The molecule has 0 radical (unpaired) electrons. The fourth-order valence-corrected chi connectivity index (χ4v) is 5.23. The van der Waals surface area contributed by atoms with Gasteiger partial charge >= 0.3 is 0 Å². The minimum atomic E-state index is -3.88. The molecule has 0 aliphatic rings. The monoisotopic (exact) mass is 503 g/mol. The smallest absolute Gasteiger partial charge is 0.263 e. The molecule has 0 saturated carbocycles. The number of nitrogens with zero attached hydrogens (tertiary/aromatic N) is 2. The van der Waals surface area contributed by atoms with Crippen LogP contribution in [0.5, 0.6) is 5.75 Å². The Balaban J connectivity index is 1.90. The van der Waals surface area contributed by atoms with Crippen molar-refractivity contribution in [3.63, 3.8) is 0 Å². The minimum absolute atomic E-state index is 0.0853. The summed E-state index contributed by atoms with van der Waals surface area (Å²) in [5.41, 5.74) is 0.953. The van der Waals surface area contributed by atoms with Crippen LogP contribution in [-0.2, 0) is 21.9 Å². The van der Waals surface area contributed by atoms with E-state index in [-0.39, 0.29) is 16.1 Å². The van der Waals surface area contributed by atoms with Crippen molar-refractivity contribution in [2.24, 2.45) is 5.16 Å². The number of aromatic nitrogens is 1. The molecule has 1 heterocycles. The van der Waals surface area contributed by atoms with Crippen LogP contribution < -0.4 is 9.46 Å². The number of oxime groups is 1. The maximum absolute atomic E-state index is 13.1. The highest BCUT2D eigenvalue weighted by atomic mass is 32.2. The van der Waals surface area contributed by atoms with Crippen LogP contribution in [0.1, 0.15) is 44.9 Å². The fraction of sp³-hybridized carbons (Fsp3) is 0.333. The quantitative estimate of drug-likeness (QED) is 0.157. The zero-order valence-corrected chi connectivity index (χ0v) is 21.2. The summed E-state index contributed by atoms with van der Waals surface area (Å²) >= 11 is 1.34. The lowest BCUT2D eigenvalue weighted by molar-refractivity contribution is 0.320. The Bertz CT molecular complexity index is 1230. The number of hydrogen-bond donors (Lipinski definition) is 2. The highest BCUT2D eigenvalue weighted by molar-refractivity contribution is 7.99. The molecular weight excluding hydrogens is 474 g/mol. The summed E-state index contributed by atoms with van der Waals surface area (Å²) in [6.07, 6.45) is 3.08. The highest BCUT2D eigenvalue weighted by Crippen LogP contribution is 2.39. The molecule has 0 unspecified atom stereocenters. The van der Waals surface area contributed by atoms with E-state index in [1.807, 2.05) is 36.4 Å². The molecule has 0 bridgehead atoms. The third-order valence-electron chi connectivity index (χ3n) is 5.06. The Hall–Kier alpha value is -2.98. The summed E-state index contributed by atoms with van der Waals surface area (Å²) < 4.78 is 39.6. The van der Waals surface area contributed by atoms with Gasteiger partial charge in [-0.2, -0.15) is 0 Å². The van der Waals surface area contributed by atoms with Crippen molar-refractivity contribution in [2.75, 3.05) is 11.8 Å².